The Morgan fingerprint density at radius 2 is 1.63 bits per heavy atom. The summed E-state index contributed by atoms with van der Waals surface area (Å²) in [7, 11) is -2.65. The number of carbonyl (C=O) groups excluding carboxylic acids is 1. The highest BCUT2D eigenvalue weighted by molar-refractivity contribution is 7.92. The van der Waals surface area contributed by atoms with Crippen molar-refractivity contribution in [1.82, 2.24) is 20.3 Å². The number of methoxy groups -OCH3 is 1. The molecule has 1 amide bonds. The third kappa shape index (κ3) is 6.71. The van der Waals surface area contributed by atoms with Gasteiger partial charge in [-0.3, -0.25) is 14.5 Å². The fourth-order valence-corrected chi connectivity index (χ4v) is 5.19. The predicted molar refractivity (Wildman–Crippen MR) is 158 cm³/mol. The lowest BCUT2D eigenvalue weighted by molar-refractivity contribution is 0.0954. The van der Waals surface area contributed by atoms with Crippen LogP contribution in [-0.2, 0) is 16.4 Å². The molecule has 5 rings (SSSR count). The number of rotatable bonds is 10. The molecule has 0 spiro atoms. The van der Waals surface area contributed by atoms with E-state index in [1.54, 1.807) is 60.9 Å². The van der Waals surface area contributed by atoms with Gasteiger partial charge < -0.3 is 15.4 Å². The molecule has 0 unspecified atom stereocenters. The van der Waals surface area contributed by atoms with Gasteiger partial charge in [-0.15, -0.1) is 0 Å². The van der Waals surface area contributed by atoms with E-state index in [2.05, 4.69) is 30.3 Å². The lowest BCUT2D eigenvalue weighted by atomic mass is 10.2. The topological polar surface area (TPSA) is 135 Å². The van der Waals surface area contributed by atoms with E-state index in [1.807, 2.05) is 12.1 Å². The quantitative estimate of drug-likeness (QED) is 0.202. The van der Waals surface area contributed by atoms with Crippen molar-refractivity contribution in [3.63, 3.8) is 0 Å². The number of anilines is 3. The Balaban J connectivity index is 1.40. The molecule has 5 aromatic rings. The Morgan fingerprint density at radius 3 is 2.37 bits per heavy atom. The number of para-hydroxylation sites is 2. The van der Waals surface area contributed by atoms with E-state index in [1.165, 1.54) is 25.3 Å². The fourth-order valence-electron chi connectivity index (χ4n) is 3.98. The van der Waals surface area contributed by atoms with Gasteiger partial charge in [0.1, 0.15) is 5.75 Å². The summed E-state index contributed by atoms with van der Waals surface area (Å²) in [5.41, 5.74) is 2.70. The average molecular weight is 589 g/mol. The van der Waals surface area contributed by atoms with Crippen LogP contribution in [0.15, 0.2) is 96.2 Å². The fraction of sp³-hybridized carbons (Fsp3) is 0.103. The normalized spacial score (nSPS) is 11.2. The minimum atomic E-state index is -4.18. The van der Waals surface area contributed by atoms with Crippen molar-refractivity contribution >= 4 is 55.9 Å². The van der Waals surface area contributed by atoms with Gasteiger partial charge in [-0.05, 0) is 66.6 Å². The number of ether oxygens (including phenoxy) is 1. The number of halogens is 1. The molecule has 2 heterocycles. The second kappa shape index (κ2) is 12.2. The molecule has 41 heavy (non-hydrogen) atoms. The summed E-state index contributed by atoms with van der Waals surface area (Å²) in [6.45, 7) is 0.382. The first-order chi connectivity index (χ1) is 19.8. The van der Waals surface area contributed by atoms with Crippen molar-refractivity contribution in [2.45, 2.75) is 11.3 Å². The first-order valence-corrected chi connectivity index (χ1v) is 14.4. The molecule has 3 aromatic carbocycles. The number of benzene rings is 3. The number of nitrogens with one attached hydrogen (secondary N) is 3. The number of aromatic nitrogens is 3. The molecule has 2 aromatic heterocycles. The monoisotopic (exact) mass is 588 g/mol. The molecular weight excluding hydrogens is 564 g/mol. The molecule has 0 atom stereocenters. The third-order valence-electron chi connectivity index (χ3n) is 6.08. The zero-order chi connectivity index (χ0) is 28.8. The van der Waals surface area contributed by atoms with E-state index in [0.29, 0.717) is 40.5 Å². The van der Waals surface area contributed by atoms with Crippen molar-refractivity contribution in [1.29, 1.82) is 0 Å². The second-order valence-electron chi connectivity index (χ2n) is 8.88. The second-order valence-corrected chi connectivity index (χ2v) is 11.0. The number of sulfonamides is 1. The molecule has 0 saturated carbocycles. The van der Waals surface area contributed by atoms with Gasteiger partial charge in [-0.25, -0.2) is 18.4 Å². The van der Waals surface area contributed by atoms with Crippen LogP contribution in [0.4, 0.5) is 17.3 Å². The van der Waals surface area contributed by atoms with Crippen molar-refractivity contribution in [3.8, 4) is 5.75 Å². The summed E-state index contributed by atoms with van der Waals surface area (Å²) in [5, 5.41) is 6.26. The number of hydrogen-bond donors (Lipinski definition) is 3. The maximum Gasteiger partial charge on any atom is 0.263 e. The molecule has 0 aliphatic carbocycles. The number of fused-ring (bicyclic) bond motifs is 1. The number of amides is 1. The maximum atomic E-state index is 13.5. The van der Waals surface area contributed by atoms with E-state index in [9.17, 15) is 13.2 Å². The summed E-state index contributed by atoms with van der Waals surface area (Å²) in [4.78, 5) is 25.7. The van der Waals surface area contributed by atoms with Crippen LogP contribution < -0.4 is 20.1 Å². The lowest BCUT2D eigenvalue weighted by Gasteiger charge is -2.15. The van der Waals surface area contributed by atoms with Crippen LogP contribution in [0.25, 0.3) is 11.0 Å². The van der Waals surface area contributed by atoms with E-state index in [4.69, 9.17) is 16.3 Å². The van der Waals surface area contributed by atoms with Crippen molar-refractivity contribution in [2.24, 2.45) is 0 Å². The minimum Gasteiger partial charge on any atom is -0.497 e. The number of carbonyl (C=O) groups is 1. The average Bonchev–Trinajstić information content (AvgIpc) is 2.99. The first-order valence-electron chi connectivity index (χ1n) is 12.5. The minimum absolute atomic E-state index is 0.0465. The molecule has 0 fully saturated rings. The molecule has 208 valence electrons. The van der Waals surface area contributed by atoms with Gasteiger partial charge >= 0.3 is 0 Å². The van der Waals surface area contributed by atoms with Gasteiger partial charge in [0.2, 0.25) is 0 Å². The summed E-state index contributed by atoms with van der Waals surface area (Å²) < 4.78 is 34.8. The van der Waals surface area contributed by atoms with E-state index in [0.717, 1.165) is 5.56 Å². The molecule has 12 heteroatoms. The van der Waals surface area contributed by atoms with Crippen molar-refractivity contribution in [3.05, 3.63) is 107 Å². The number of nitrogens with zero attached hydrogens (tertiary/aromatic N) is 3. The molecule has 0 radical (unpaired) electrons. The molecule has 0 bridgehead atoms. The van der Waals surface area contributed by atoms with Crippen LogP contribution in [0.5, 0.6) is 5.75 Å². The Bertz CT molecular complexity index is 1820. The Morgan fingerprint density at radius 1 is 0.902 bits per heavy atom. The van der Waals surface area contributed by atoms with Gasteiger partial charge in [0.25, 0.3) is 15.9 Å². The Labute approximate surface area is 241 Å². The van der Waals surface area contributed by atoms with E-state index in [-0.39, 0.29) is 22.1 Å². The van der Waals surface area contributed by atoms with Crippen LogP contribution in [0.3, 0.4) is 0 Å². The Kier molecular flexibility index (Phi) is 8.27. The summed E-state index contributed by atoms with van der Waals surface area (Å²) in [6.07, 6.45) is 3.98. The first kappa shape index (κ1) is 27.8. The van der Waals surface area contributed by atoms with E-state index < -0.39 is 15.9 Å². The van der Waals surface area contributed by atoms with Crippen LogP contribution in [0.2, 0.25) is 5.02 Å². The van der Waals surface area contributed by atoms with E-state index >= 15 is 0 Å². The summed E-state index contributed by atoms with van der Waals surface area (Å²) in [6, 6.07) is 21.6. The highest BCUT2D eigenvalue weighted by Gasteiger charge is 2.21. The molecule has 0 aliphatic rings. The molecular formula is C29H25ClN6O4S. The summed E-state index contributed by atoms with van der Waals surface area (Å²) in [5.74, 6) is 0.238. The molecule has 3 N–H and O–H groups in total. The van der Waals surface area contributed by atoms with Gasteiger partial charge in [0.15, 0.2) is 11.6 Å². The van der Waals surface area contributed by atoms with Crippen molar-refractivity contribution in [2.75, 3.05) is 23.7 Å². The Hall–Kier alpha value is -4.74. The molecule has 0 saturated heterocycles. The zero-order valence-electron chi connectivity index (χ0n) is 21.8. The van der Waals surface area contributed by atoms with Gasteiger partial charge in [-0.2, -0.15) is 0 Å². The molecule has 10 nitrogen and oxygen atoms in total. The highest BCUT2D eigenvalue weighted by atomic mass is 35.5. The van der Waals surface area contributed by atoms with Crippen LogP contribution >= 0.6 is 11.6 Å². The maximum absolute atomic E-state index is 13.5. The largest absolute Gasteiger partial charge is 0.497 e. The zero-order valence-corrected chi connectivity index (χ0v) is 23.4. The smallest absolute Gasteiger partial charge is 0.263 e. The van der Waals surface area contributed by atoms with Gasteiger partial charge in [0.05, 0.1) is 33.7 Å². The van der Waals surface area contributed by atoms with Crippen LogP contribution in [0, 0.1) is 0 Å². The van der Waals surface area contributed by atoms with Crippen molar-refractivity contribution < 1.29 is 17.9 Å². The predicted octanol–water partition coefficient (Wildman–Crippen LogP) is 5.20. The standard InChI is InChI=1S/C29H25ClN6O4S/c1-40-21-9-10-23(30)26(18-21)35-27-28(34-25-8-3-2-7-24(25)33-27)36-41(38,39)22-6-4-5-20(17-22)29(37)32-16-13-19-11-14-31-15-12-19/h2-12,14-15,17-18H,13,16H2,1H3,(H,32,37)(H,33,35)(H,34,36). The number of hydrogen-bond acceptors (Lipinski definition) is 8. The van der Waals surface area contributed by atoms with Crippen LogP contribution in [-0.4, -0.2) is 42.9 Å². The third-order valence-corrected chi connectivity index (χ3v) is 7.75. The molecule has 0 aliphatic heterocycles. The summed E-state index contributed by atoms with van der Waals surface area (Å²) >= 11 is 6.38. The van der Waals surface area contributed by atoms with Gasteiger partial charge in [-0.1, -0.05) is 29.8 Å². The highest BCUT2D eigenvalue weighted by Crippen LogP contribution is 2.32. The number of pyridine rings is 1. The van der Waals surface area contributed by atoms with Crippen LogP contribution in [0.1, 0.15) is 15.9 Å². The van der Waals surface area contributed by atoms with Gasteiger partial charge in [0, 0.05) is 30.6 Å². The SMILES string of the molecule is COc1ccc(Cl)c(Nc2nc3ccccc3nc2NS(=O)(=O)c2cccc(C(=O)NCCc3ccncc3)c2)c1. The lowest BCUT2D eigenvalue weighted by Crippen LogP contribution is -2.26.